The van der Waals surface area contributed by atoms with Gasteiger partial charge >= 0.3 is 0 Å². The Morgan fingerprint density at radius 3 is 2.17 bits per heavy atom. The number of ketones is 1. The minimum Gasteiger partial charge on any atom is -0.294 e. The molecule has 0 saturated carbocycles. The molecule has 0 atom stereocenters. The first kappa shape index (κ1) is 9.46. The van der Waals surface area contributed by atoms with Crippen molar-refractivity contribution in [2.75, 3.05) is 0 Å². The summed E-state index contributed by atoms with van der Waals surface area (Å²) in [6.07, 6.45) is 0. The highest BCUT2D eigenvalue weighted by atomic mass is 79.9. The minimum atomic E-state index is 0.0752. The van der Waals surface area contributed by atoms with Gasteiger partial charge in [-0.05, 0) is 12.1 Å². The van der Waals surface area contributed by atoms with Gasteiger partial charge in [-0.25, -0.2) is 0 Å². The maximum absolute atomic E-state index is 11.4. The SMILES string of the molecule is CC(C)C(=O)c1ccc(Br)cc1. The van der Waals surface area contributed by atoms with E-state index in [1.54, 1.807) is 0 Å². The number of Topliss-reactive ketones (excluding diaryl/α,β-unsaturated/α-hetero) is 1. The maximum atomic E-state index is 11.4. The van der Waals surface area contributed by atoms with E-state index in [2.05, 4.69) is 15.9 Å². The van der Waals surface area contributed by atoms with Gasteiger partial charge in [-0.2, -0.15) is 0 Å². The molecule has 0 saturated heterocycles. The molecule has 1 aromatic carbocycles. The Morgan fingerprint density at radius 2 is 1.75 bits per heavy atom. The first-order valence-electron chi connectivity index (χ1n) is 3.91. The summed E-state index contributed by atoms with van der Waals surface area (Å²) < 4.78 is 1.00. The van der Waals surface area contributed by atoms with Crippen LogP contribution in [-0.2, 0) is 0 Å². The Kier molecular flexibility index (Phi) is 3.04. The zero-order valence-electron chi connectivity index (χ0n) is 7.17. The number of carbonyl (C=O) groups excluding carboxylic acids is 1. The van der Waals surface area contributed by atoms with Gasteiger partial charge in [0, 0.05) is 16.0 Å². The number of hydrogen-bond donors (Lipinski definition) is 0. The first-order chi connectivity index (χ1) is 5.61. The Morgan fingerprint density at radius 1 is 1.25 bits per heavy atom. The first-order valence-corrected chi connectivity index (χ1v) is 4.70. The van der Waals surface area contributed by atoms with Crippen LogP contribution < -0.4 is 0 Å². The van der Waals surface area contributed by atoms with Crippen LogP contribution in [0.25, 0.3) is 0 Å². The Labute approximate surface area is 80.9 Å². The Balaban J connectivity index is 2.90. The maximum Gasteiger partial charge on any atom is 0.165 e. The highest BCUT2D eigenvalue weighted by Gasteiger charge is 2.08. The van der Waals surface area contributed by atoms with Crippen molar-refractivity contribution in [2.45, 2.75) is 13.8 Å². The van der Waals surface area contributed by atoms with Gasteiger partial charge in [-0.1, -0.05) is 41.9 Å². The molecule has 0 aliphatic carbocycles. The summed E-state index contributed by atoms with van der Waals surface area (Å²) in [6.45, 7) is 3.81. The van der Waals surface area contributed by atoms with E-state index in [0.717, 1.165) is 10.0 Å². The van der Waals surface area contributed by atoms with Crippen LogP contribution >= 0.6 is 15.9 Å². The van der Waals surface area contributed by atoms with Gasteiger partial charge in [0.2, 0.25) is 0 Å². The van der Waals surface area contributed by atoms with Crippen molar-refractivity contribution in [1.29, 1.82) is 0 Å². The van der Waals surface area contributed by atoms with Crippen LogP contribution in [0.4, 0.5) is 0 Å². The lowest BCUT2D eigenvalue weighted by Crippen LogP contribution is -2.06. The molecule has 0 unspecified atom stereocenters. The molecule has 0 amide bonds. The molecule has 2 heteroatoms. The van der Waals surface area contributed by atoms with Crippen LogP contribution in [-0.4, -0.2) is 5.78 Å². The van der Waals surface area contributed by atoms with Crippen LogP contribution in [0.2, 0.25) is 0 Å². The fourth-order valence-corrected chi connectivity index (χ4v) is 1.21. The van der Waals surface area contributed by atoms with Crippen molar-refractivity contribution in [2.24, 2.45) is 5.92 Å². The molecule has 0 heterocycles. The van der Waals surface area contributed by atoms with E-state index in [0.29, 0.717) is 0 Å². The number of rotatable bonds is 2. The van der Waals surface area contributed by atoms with Crippen molar-refractivity contribution in [1.82, 2.24) is 0 Å². The van der Waals surface area contributed by atoms with Gasteiger partial charge < -0.3 is 0 Å². The van der Waals surface area contributed by atoms with E-state index in [1.165, 1.54) is 0 Å². The predicted molar refractivity (Wildman–Crippen MR) is 53.3 cm³/mol. The summed E-state index contributed by atoms with van der Waals surface area (Å²) in [6, 6.07) is 7.45. The summed E-state index contributed by atoms with van der Waals surface area (Å²) in [5.74, 6) is 0.272. The average molecular weight is 227 g/mol. The summed E-state index contributed by atoms with van der Waals surface area (Å²) in [7, 11) is 0. The zero-order valence-corrected chi connectivity index (χ0v) is 8.76. The fraction of sp³-hybridized carbons (Fsp3) is 0.300. The Bertz CT molecular complexity index is 274. The molecule has 64 valence electrons. The molecule has 0 radical (unpaired) electrons. The smallest absolute Gasteiger partial charge is 0.165 e. The number of hydrogen-bond acceptors (Lipinski definition) is 1. The molecule has 0 aliphatic rings. The molecule has 0 aliphatic heterocycles. The van der Waals surface area contributed by atoms with E-state index in [9.17, 15) is 4.79 Å². The van der Waals surface area contributed by atoms with E-state index >= 15 is 0 Å². The third-order valence-electron chi connectivity index (χ3n) is 1.65. The van der Waals surface area contributed by atoms with Crippen LogP contribution in [0, 0.1) is 5.92 Å². The second-order valence-electron chi connectivity index (χ2n) is 3.03. The van der Waals surface area contributed by atoms with Crippen molar-refractivity contribution in [3.05, 3.63) is 34.3 Å². The number of carbonyl (C=O) groups is 1. The molecule has 0 N–H and O–H groups in total. The van der Waals surface area contributed by atoms with E-state index in [-0.39, 0.29) is 11.7 Å². The highest BCUT2D eigenvalue weighted by molar-refractivity contribution is 9.10. The second kappa shape index (κ2) is 3.85. The van der Waals surface area contributed by atoms with Crippen LogP contribution in [0.15, 0.2) is 28.7 Å². The number of halogens is 1. The standard InChI is InChI=1S/C10H11BrO/c1-7(2)10(12)8-3-5-9(11)6-4-8/h3-7H,1-2H3. The quantitative estimate of drug-likeness (QED) is 0.708. The van der Waals surface area contributed by atoms with Crippen molar-refractivity contribution in [3.63, 3.8) is 0 Å². The molecular weight excluding hydrogens is 216 g/mol. The predicted octanol–water partition coefficient (Wildman–Crippen LogP) is 3.29. The lowest BCUT2D eigenvalue weighted by Gasteiger charge is -2.03. The van der Waals surface area contributed by atoms with Crippen LogP contribution in [0.5, 0.6) is 0 Å². The molecule has 0 bridgehead atoms. The molecule has 0 fully saturated rings. The van der Waals surface area contributed by atoms with E-state index < -0.39 is 0 Å². The highest BCUT2D eigenvalue weighted by Crippen LogP contribution is 2.13. The molecule has 0 aromatic heterocycles. The van der Waals surface area contributed by atoms with Crippen molar-refractivity contribution < 1.29 is 4.79 Å². The second-order valence-corrected chi connectivity index (χ2v) is 3.94. The third kappa shape index (κ3) is 2.18. The summed E-state index contributed by atoms with van der Waals surface area (Å²) >= 11 is 3.32. The van der Waals surface area contributed by atoms with E-state index in [4.69, 9.17) is 0 Å². The minimum absolute atomic E-state index is 0.0752. The lowest BCUT2D eigenvalue weighted by molar-refractivity contribution is 0.0939. The topological polar surface area (TPSA) is 17.1 Å². The molecular formula is C10H11BrO. The third-order valence-corrected chi connectivity index (χ3v) is 2.18. The molecule has 1 nitrogen and oxygen atoms in total. The monoisotopic (exact) mass is 226 g/mol. The molecule has 1 aromatic rings. The molecule has 1 rings (SSSR count). The van der Waals surface area contributed by atoms with E-state index in [1.807, 2.05) is 38.1 Å². The van der Waals surface area contributed by atoms with Gasteiger partial charge in [0.25, 0.3) is 0 Å². The molecule has 12 heavy (non-hydrogen) atoms. The van der Waals surface area contributed by atoms with Crippen LogP contribution in [0.3, 0.4) is 0 Å². The van der Waals surface area contributed by atoms with Gasteiger partial charge in [-0.3, -0.25) is 4.79 Å². The summed E-state index contributed by atoms with van der Waals surface area (Å²) in [5, 5.41) is 0. The molecule has 0 spiro atoms. The number of benzene rings is 1. The fourth-order valence-electron chi connectivity index (χ4n) is 0.947. The lowest BCUT2D eigenvalue weighted by atomic mass is 10.0. The van der Waals surface area contributed by atoms with Gasteiger partial charge in [-0.15, -0.1) is 0 Å². The van der Waals surface area contributed by atoms with Crippen LogP contribution in [0.1, 0.15) is 24.2 Å². The Hall–Kier alpha value is -0.630. The normalized spacial score (nSPS) is 10.3. The van der Waals surface area contributed by atoms with Gasteiger partial charge in [0.1, 0.15) is 0 Å². The largest absolute Gasteiger partial charge is 0.294 e. The van der Waals surface area contributed by atoms with Crippen molar-refractivity contribution in [3.8, 4) is 0 Å². The average Bonchev–Trinajstić information content (AvgIpc) is 2.04. The summed E-state index contributed by atoms with van der Waals surface area (Å²) in [5.41, 5.74) is 0.785. The zero-order chi connectivity index (χ0) is 9.14. The van der Waals surface area contributed by atoms with Gasteiger partial charge in [0.05, 0.1) is 0 Å². The van der Waals surface area contributed by atoms with Gasteiger partial charge in [0.15, 0.2) is 5.78 Å². The summed E-state index contributed by atoms with van der Waals surface area (Å²) in [4.78, 5) is 11.4. The van der Waals surface area contributed by atoms with Crippen molar-refractivity contribution >= 4 is 21.7 Å².